The summed E-state index contributed by atoms with van der Waals surface area (Å²) in [5.41, 5.74) is 7.78. The van der Waals surface area contributed by atoms with Crippen LogP contribution >= 0.6 is 15.9 Å². The molecule has 1 aliphatic heterocycles. The smallest absolute Gasteiger partial charge is 0.168 e. The van der Waals surface area contributed by atoms with Crippen LogP contribution in [-0.4, -0.2) is 21.1 Å². The summed E-state index contributed by atoms with van der Waals surface area (Å²) >= 11 is 3.47. The Balaban J connectivity index is 1.76. The van der Waals surface area contributed by atoms with Crippen molar-refractivity contribution in [1.29, 1.82) is 0 Å². The first-order chi connectivity index (χ1) is 8.63. The van der Waals surface area contributed by atoms with Crippen LogP contribution in [0.3, 0.4) is 0 Å². The highest BCUT2D eigenvalue weighted by molar-refractivity contribution is 9.10. The van der Waals surface area contributed by atoms with E-state index in [9.17, 15) is 0 Å². The van der Waals surface area contributed by atoms with Gasteiger partial charge in [-0.25, -0.2) is 4.68 Å². The van der Waals surface area contributed by atoms with Crippen molar-refractivity contribution >= 4 is 21.7 Å². The third kappa shape index (κ3) is 1.96. The fourth-order valence-corrected chi connectivity index (χ4v) is 2.54. The van der Waals surface area contributed by atoms with Crippen LogP contribution in [0.5, 0.6) is 5.75 Å². The lowest BCUT2D eigenvalue weighted by atomic mass is 10.1. The molecule has 2 heterocycles. The molecule has 0 radical (unpaired) electrons. The second-order valence-electron chi connectivity index (χ2n) is 4.44. The van der Waals surface area contributed by atoms with Crippen molar-refractivity contribution in [3.05, 3.63) is 33.9 Å². The van der Waals surface area contributed by atoms with Crippen molar-refractivity contribution in [1.82, 2.24) is 15.0 Å². The number of ether oxygens (including phenoxy) is 1. The summed E-state index contributed by atoms with van der Waals surface area (Å²) in [6.45, 7) is 2.58. The number of nitrogen functional groups attached to an aromatic ring is 1. The largest absolute Gasteiger partial charge is 0.488 e. The number of rotatable bonds is 2. The number of benzene rings is 1. The molecule has 0 spiro atoms. The second kappa shape index (κ2) is 4.28. The topological polar surface area (TPSA) is 66.0 Å². The minimum absolute atomic E-state index is 0.0918. The standard InChI is InChI=1S/C12H13BrN4O/c1-7-12(14)15-16-17(7)6-10-5-8-4-9(13)2-3-11(8)18-10/h2-4,10H,5-6,14H2,1H3. The van der Waals surface area contributed by atoms with Gasteiger partial charge in [-0.05, 0) is 30.7 Å². The summed E-state index contributed by atoms with van der Waals surface area (Å²) in [4.78, 5) is 0. The van der Waals surface area contributed by atoms with Gasteiger partial charge in [-0.3, -0.25) is 0 Å². The molecule has 6 heteroatoms. The van der Waals surface area contributed by atoms with Gasteiger partial charge in [0, 0.05) is 10.9 Å². The highest BCUT2D eigenvalue weighted by Gasteiger charge is 2.24. The quantitative estimate of drug-likeness (QED) is 0.920. The Morgan fingerprint density at radius 3 is 3.11 bits per heavy atom. The Kier molecular flexibility index (Phi) is 2.74. The van der Waals surface area contributed by atoms with Gasteiger partial charge < -0.3 is 10.5 Å². The predicted octanol–water partition coefficient (Wildman–Crippen LogP) is 1.93. The van der Waals surface area contributed by atoms with Gasteiger partial charge in [-0.15, -0.1) is 5.10 Å². The van der Waals surface area contributed by atoms with Crippen LogP contribution in [-0.2, 0) is 13.0 Å². The van der Waals surface area contributed by atoms with E-state index in [1.165, 1.54) is 5.56 Å². The van der Waals surface area contributed by atoms with Gasteiger partial charge in [-0.2, -0.15) is 0 Å². The maximum atomic E-state index is 5.88. The molecule has 2 aromatic rings. The van der Waals surface area contributed by atoms with Crippen molar-refractivity contribution < 1.29 is 4.74 Å². The number of fused-ring (bicyclic) bond motifs is 1. The van der Waals surface area contributed by atoms with E-state index in [-0.39, 0.29) is 6.10 Å². The summed E-state index contributed by atoms with van der Waals surface area (Å²) in [5, 5.41) is 7.86. The molecule has 3 rings (SSSR count). The van der Waals surface area contributed by atoms with E-state index in [4.69, 9.17) is 10.5 Å². The Morgan fingerprint density at radius 1 is 1.56 bits per heavy atom. The molecule has 0 saturated carbocycles. The molecule has 5 nitrogen and oxygen atoms in total. The molecule has 1 unspecified atom stereocenters. The lowest BCUT2D eigenvalue weighted by molar-refractivity contribution is 0.201. The molecule has 2 N–H and O–H groups in total. The third-order valence-corrected chi connectivity index (χ3v) is 3.65. The molecule has 1 aromatic heterocycles. The minimum Gasteiger partial charge on any atom is -0.488 e. The zero-order chi connectivity index (χ0) is 12.7. The fourth-order valence-electron chi connectivity index (χ4n) is 2.13. The van der Waals surface area contributed by atoms with Crippen LogP contribution in [0.25, 0.3) is 0 Å². The summed E-state index contributed by atoms with van der Waals surface area (Å²) in [6.07, 6.45) is 0.975. The molecule has 1 aromatic carbocycles. The van der Waals surface area contributed by atoms with Gasteiger partial charge in [0.25, 0.3) is 0 Å². The number of nitrogens with two attached hydrogens (primary N) is 1. The molecule has 0 fully saturated rings. The molecule has 94 valence electrons. The van der Waals surface area contributed by atoms with Crippen LogP contribution in [0.2, 0.25) is 0 Å². The molecule has 18 heavy (non-hydrogen) atoms. The van der Waals surface area contributed by atoms with E-state index in [0.29, 0.717) is 12.4 Å². The number of nitrogens with zero attached hydrogens (tertiary/aromatic N) is 3. The highest BCUT2D eigenvalue weighted by atomic mass is 79.9. The van der Waals surface area contributed by atoms with Crippen LogP contribution in [0.1, 0.15) is 11.3 Å². The molecule has 0 aliphatic carbocycles. The number of anilines is 1. The fraction of sp³-hybridized carbons (Fsp3) is 0.333. The first kappa shape index (κ1) is 11.5. The lowest BCUT2D eigenvalue weighted by Crippen LogP contribution is -2.22. The number of halogens is 1. The predicted molar refractivity (Wildman–Crippen MR) is 71.4 cm³/mol. The van der Waals surface area contributed by atoms with E-state index in [2.05, 4.69) is 32.3 Å². The Labute approximate surface area is 113 Å². The van der Waals surface area contributed by atoms with E-state index >= 15 is 0 Å². The second-order valence-corrected chi connectivity index (χ2v) is 5.35. The van der Waals surface area contributed by atoms with Gasteiger partial charge in [0.05, 0.1) is 12.2 Å². The van der Waals surface area contributed by atoms with E-state index in [1.807, 2.05) is 19.1 Å². The summed E-state index contributed by atoms with van der Waals surface area (Å²) in [5.74, 6) is 1.43. The van der Waals surface area contributed by atoms with Crippen LogP contribution in [0.15, 0.2) is 22.7 Å². The van der Waals surface area contributed by atoms with Gasteiger partial charge in [-0.1, -0.05) is 21.1 Å². The molecule has 1 atom stereocenters. The lowest BCUT2D eigenvalue weighted by Gasteiger charge is -2.11. The van der Waals surface area contributed by atoms with Crippen molar-refractivity contribution in [3.63, 3.8) is 0 Å². The molecular weight excluding hydrogens is 296 g/mol. The average Bonchev–Trinajstić information content (AvgIpc) is 2.86. The van der Waals surface area contributed by atoms with Crippen LogP contribution < -0.4 is 10.5 Å². The number of aromatic nitrogens is 3. The zero-order valence-corrected chi connectivity index (χ0v) is 11.5. The minimum atomic E-state index is 0.0918. The van der Waals surface area contributed by atoms with Crippen molar-refractivity contribution in [2.45, 2.75) is 26.0 Å². The Hall–Kier alpha value is -1.56. The van der Waals surface area contributed by atoms with E-state index in [0.717, 1.165) is 22.3 Å². The average molecular weight is 309 g/mol. The van der Waals surface area contributed by atoms with Gasteiger partial charge in [0.15, 0.2) is 5.82 Å². The van der Waals surface area contributed by atoms with Gasteiger partial charge in [0.2, 0.25) is 0 Å². The van der Waals surface area contributed by atoms with Gasteiger partial charge >= 0.3 is 0 Å². The van der Waals surface area contributed by atoms with Crippen molar-refractivity contribution in [3.8, 4) is 5.75 Å². The van der Waals surface area contributed by atoms with Crippen molar-refractivity contribution in [2.24, 2.45) is 0 Å². The summed E-state index contributed by atoms with van der Waals surface area (Å²) < 4.78 is 8.75. The molecular formula is C12H13BrN4O. The number of hydrogen-bond acceptors (Lipinski definition) is 4. The van der Waals surface area contributed by atoms with Gasteiger partial charge in [0.1, 0.15) is 11.9 Å². The molecule has 0 bridgehead atoms. The van der Waals surface area contributed by atoms with Crippen molar-refractivity contribution in [2.75, 3.05) is 5.73 Å². The first-order valence-corrected chi connectivity index (χ1v) is 6.53. The SMILES string of the molecule is Cc1c(N)nnn1CC1Cc2cc(Br)ccc2O1. The number of hydrogen-bond donors (Lipinski definition) is 1. The normalized spacial score (nSPS) is 17.6. The first-order valence-electron chi connectivity index (χ1n) is 5.74. The van der Waals surface area contributed by atoms with Crippen LogP contribution in [0, 0.1) is 6.92 Å². The maximum Gasteiger partial charge on any atom is 0.168 e. The monoisotopic (exact) mass is 308 g/mol. The Morgan fingerprint density at radius 2 is 2.39 bits per heavy atom. The van der Waals surface area contributed by atoms with E-state index < -0.39 is 0 Å². The zero-order valence-electron chi connectivity index (χ0n) is 9.93. The highest BCUT2D eigenvalue weighted by Crippen LogP contribution is 2.31. The molecule has 1 aliphatic rings. The van der Waals surface area contributed by atoms with E-state index in [1.54, 1.807) is 4.68 Å². The third-order valence-electron chi connectivity index (χ3n) is 3.16. The summed E-state index contributed by atoms with van der Waals surface area (Å²) in [6, 6.07) is 6.07. The maximum absolute atomic E-state index is 5.88. The molecule has 0 amide bonds. The molecule has 0 saturated heterocycles. The summed E-state index contributed by atoms with van der Waals surface area (Å²) in [7, 11) is 0. The Bertz CT molecular complexity index is 596. The van der Waals surface area contributed by atoms with Crippen LogP contribution in [0.4, 0.5) is 5.82 Å².